The molecule has 2 rings (SSSR count). The lowest BCUT2D eigenvalue weighted by Gasteiger charge is -2.22. The fourth-order valence-electron chi connectivity index (χ4n) is 2.65. The molecular formula is C22H30N2O2S. The number of nitrogens with zero attached hydrogens (tertiary/aromatic N) is 1. The number of nitrogens with one attached hydrogen (secondary N) is 1. The van der Waals surface area contributed by atoms with Crippen LogP contribution < -0.4 is 14.8 Å². The summed E-state index contributed by atoms with van der Waals surface area (Å²) in [6, 6.07) is 17.9. The lowest BCUT2D eigenvalue weighted by Crippen LogP contribution is -2.34. The number of unbranched alkanes of at least 4 members (excludes halogenated alkanes) is 2. The average Bonchev–Trinajstić information content (AvgIpc) is 2.69. The Labute approximate surface area is 168 Å². The number of hydrogen-bond donors (Lipinski definition) is 1. The van der Waals surface area contributed by atoms with Crippen LogP contribution in [0.1, 0.15) is 33.1 Å². The lowest BCUT2D eigenvalue weighted by atomic mass is 10.2. The molecule has 0 heterocycles. The van der Waals surface area contributed by atoms with Gasteiger partial charge in [-0.25, -0.2) is 0 Å². The van der Waals surface area contributed by atoms with Gasteiger partial charge < -0.3 is 19.7 Å². The molecule has 27 heavy (non-hydrogen) atoms. The first kappa shape index (κ1) is 21.0. The molecule has 0 aliphatic rings. The van der Waals surface area contributed by atoms with Gasteiger partial charge in [0.2, 0.25) is 0 Å². The molecule has 0 aromatic heterocycles. The zero-order chi connectivity index (χ0) is 19.3. The minimum absolute atomic E-state index is 0.704. The molecule has 0 aliphatic carbocycles. The molecule has 0 atom stereocenters. The second kappa shape index (κ2) is 12.2. The molecule has 0 spiro atoms. The van der Waals surface area contributed by atoms with E-state index in [1.165, 1.54) is 0 Å². The normalized spacial score (nSPS) is 10.3. The summed E-state index contributed by atoms with van der Waals surface area (Å²) in [6.45, 7) is 7.43. The van der Waals surface area contributed by atoms with E-state index in [1.54, 1.807) is 0 Å². The maximum absolute atomic E-state index is 5.87. The molecule has 0 radical (unpaired) electrons. The summed E-state index contributed by atoms with van der Waals surface area (Å²) >= 11 is 5.44. The molecule has 1 N–H and O–H groups in total. The summed E-state index contributed by atoms with van der Waals surface area (Å²) in [5, 5.41) is 4.02. The van der Waals surface area contributed by atoms with Gasteiger partial charge >= 0.3 is 0 Å². The van der Waals surface area contributed by atoms with Crippen molar-refractivity contribution in [2.75, 3.05) is 31.6 Å². The number of para-hydroxylation sites is 1. The van der Waals surface area contributed by atoms with Crippen LogP contribution in [0.15, 0.2) is 54.6 Å². The molecule has 4 nitrogen and oxygen atoms in total. The molecule has 0 amide bonds. The zero-order valence-corrected chi connectivity index (χ0v) is 17.1. The van der Waals surface area contributed by atoms with Crippen LogP contribution in [0.3, 0.4) is 0 Å². The standard InChI is InChI=1S/C22H30N2O2S/c1-3-24(4-2)22(27)23-19-12-11-15-21(18-19)26-17-10-6-9-16-25-20-13-7-5-8-14-20/h5,7-8,11-15,18H,3-4,6,9-10,16-17H2,1-2H3,(H,23,27). The minimum atomic E-state index is 0.704. The quantitative estimate of drug-likeness (QED) is 0.416. The Morgan fingerprint density at radius 1 is 0.852 bits per heavy atom. The molecule has 0 fully saturated rings. The average molecular weight is 387 g/mol. The number of ether oxygens (including phenoxy) is 2. The van der Waals surface area contributed by atoms with Gasteiger partial charge in [0.15, 0.2) is 5.11 Å². The Morgan fingerprint density at radius 3 is 2.15 bits per heavy atom. The van der Waals surface area contributed by atoms with Gasteiger partial charge in [0.25, 0.3) is 0 Å². The maximum atomic E-state index is 5.87. The van der Waals surface area contributed by atoms with Crippen LogP contribution in [0.4, 0.5) is 5.69 Å². The Morgan fingerprint density at radius 2 is 1.48 bits per heavy atom. The zero-order valence-electron chi connectivity index (χ0n) is 16.3. The van der Waals surface area contributed by atoms with Crippen LogP contribution in [0, 0.1) is 0 Å². The SMILES string of the molecule is CCN(CC)C(=S)Nc1cccc(OCCCCCOc2ccccc2)c1. The predicted octanol–water partition coefficient (Wildman–Crippen LogP) is 5.35. The van der Waals surface area contributed by atoms with Crippen molar-refractivity contribution in [1.82, 2.24) is 4.90 Å². The minimum Gasteiger partial charge on any atom is -0.494 e. The van der Waals surface area contributed by atoms with E-state index in [1.807, 2.05) is 54.6 Å². The first-order chi connectivity index (χ1) is 13.2. The lowest BCUT2D eigenvalue weighted by molar-refractivity contribution is 0.279. The van der Waals surface area contributed by atoms with E-state index in [-0.39, 0.29) is 0 Å². The van der Waals surface area contributed by atoms with E-state index in [2.05, 4.69) is 24.1 Å². The smallest absolute Gasteiger partial charge is 0.173 e. The van der Waals surface area contributed by atoms with Crippen molar-refractivity contribution in [1.29, 1.82) is 0 Å². The topological polar surface area (TPSA) is 33.7 Å². The number of anilines is 1. The van der Waals surface area contributed by atoms with Crippen molar-refractivity contribution >= 4 is 23.0 Å². The predicted molar refractivity (Wildman–Crippen MR) is 117 cm³/mol. The molecule has 5 heteroatoms. The summed E-state index contributed by atoms with van der Waals surface area (Å²) in [5.41, 5.74) is 0.959. The fraction of sp³-hybridized carbons (Fsp3) is 0.409. The van der Waals surface area contributed by atoms with Gasteiger partial charge in [-0.15, -0.1) is 0 Å². The summed E-state index contributed by atoms with van der Waals surface area (Å²) in [5.74, 6) is 1.79. The van der Waals surface area contributed by atoms with Gasteiger partial charge in [-0.3, -0.25) is 0 Å². The summed E-state index contributed by atoms with van der Waals surface area (Å²) in [7, 11) is 0. The van der Waals surface area contributed by atoms with E-state index in [0.29, 0.717) is 6.61 Å². The molecule has 0 saturated heterocycles. The molecular weight excluding hydrogens is 356 g/mol. The van der Waals surface area contributed by atoms with Crippen molar-refractivity contribution < 1.29 is 9.47 Å². The highest BCUT2D eigenvalue weighted by Gasteiger charge is 2.05. The molecule has 0 aliphatic heterocycles. The van der Waals surface area contributed by atoms with E-state index >= 15 is 0 Å². The van der Waals surface area contributed by atoms with E-state index in [0.717, 1.165) is 61.3 Å². The van der Waals surface area contributed by atoms with Crippen LogP contribution in [-0.4, -0.2) is 36.3 Å². The Hall–Kier alpha value is -2.27. The molecule has 0 unspecified atom stereocenters. The highest BCUT2D eigenvalue weighted by atomic mass is 32.1. The number of hydrogen-bond acceptors (Lipinski definition) is 3. The van der Waals surface area contributed by atoms with E-state index < -0.39 is 0 Å². The monoisotopic (exact) mass is 386 g/mol. The summed E-state index contributed by atoms with van der Waals surface area (Å²) in [4.78, 5) is 2.11. The molecule has 2 aromatic rings. The molecule has 146 valence electrons. The van der Waals surface area contributed by atoms with Crippen molar-refractivity contribution in [3.63, 3.8) is 0 Å². The number of benzene rings is 2. The van der Waals surface area contributed by atoms with Crippen molar-refractivity contribution in [3.05, 3.63) is 54.6 Å². The molecule has 0 saturated carbocycles. The fourth-order valence-corrected chi connectivity index (χ4v) is 3.03. The maximum Gasteiger partial charge on any atom is 0.173 e. The van der Waals surface area contributed by atoms with Gasteiger partial charge in [-0.1, -0.05) is 24.3 Å². The van der Waals surface area contributed by atoms with Crippen LogP contribution in [0.25, 0.3) is 0 Å². The van der Waals surface area contributed by atoms with Crippen molar-refractivity contribution in [3.8, 4) is 11.5 Å². The third kappa shape index (κ3) is 7.87. The third-order valence-electron chi connectivity index (χ3n) is 4.21. The van der Waals surface area contributed by atoms with Gasteiger partial charge in [0.05, 0.1) is 13.2 Å². The second-order valence-electron chi connectivity index (χ2n) is 6.20. The molecule has 2 aromatic carbocycles. The Balaban J connectivity index is 1.64. The highest BCUT2D eigenvalue weighted by molar-refractivity contribution is 7.80. The van der Waals surface area contributed by atoms with Crippen molar-refractivity contribution in [2.24, 2.45) is 0 Å². The molecule has 0 bridgehead atoms. The Kier molecular flexibility index (Phi) is 9.49. The van der Waals surface area contributed by atoms with Crippen molar-refractivity contribution in [2.45, 2.75) is 33.1 Å². The first-order valence-corrected chi connectivity index (χ1v) is 10.1. The van der Waals surface area contributed by atoms with E-state index in [4.69, 9.17) is 21.7 Å². The second-order valence-corrected chi connectivity index (χ2v) is 6.59. The van der Waals surface area contributed by atoms with Gasteiger partial charge in [0.1, 0.15) is 11.5 Å². The number of thiocarbonyl (C=S) groups is 1. The van der Waals surface area contributed by atoms with Crippen LogP contribution in [0.5, 0.6) is 11.5 Å². The summed E-state index contributed by atoms with van der Waals surface area (Å²) in [6.07, 6.45) is 3.11. The number of rotatable bonds is 11. The van der Waals surface area contributed by atoms with Crippen LogP contribution >= 0.6 is 12.2 Å². The first-order valence-electron chi connectivity index (χ1n) is 9.69. The van der Waals surface area contributed by atoms with E-state index in [9.17, 15) is 0 Å². The van der Waals surface area contributed by atoms with Gasteiger partial charge in [0, 0.05) is 24.8 Å². The van der Waals surface area contributed by atoms with Gasteiger partial charge in [-0.2, -0.15) is 0 Å². The summed E-state index contributed by atoms with van der Waals surface area (Å²) < 4.78 is 11.6. The van der Waals surface area contributed by atoms with Crippen LogP contribution in [0.2, 0.25) is 0 Å². The largest absolute Gasteiger partial charge is 0.494 e. The van der Waals surface area contributed by atoms with Gasteiger partial charge in [-0.05, 0) is 69.6 Å². The Bertz CT molecular complexity index is 675. The third-order valence-corrected chi connectivity index (χ3v) is 4.57. The highest BCUT2D eigenvalue weighted by Crippen LogP contribution is 2.18. The van der Waals surface area contributed by atoms with Crippen LogP contribution in [-0.2, 0) is 0 Å².